The molecule has 0 radical (unpaired) electrons. The van der Waals surface area contributed by atoms with Gasteiger partial charge in [-0.1, -0.05) is 30.9 Å². The Morgan fingerprint density at radius 3 is 1.23 bits per heavy atom. The van der Waals surface area contributed by atoms with E-state index < -0.39 is 186 Å². The van der Waals surface area contributed by atoms with Gasteiger partial charge in [-0.15, -0.1) is 5.10 Å². The molecule has 734 valence electrons. The summed E-state index contributed by atoms with van der Waals surface area (Å²) in [6.45, 7) is 2.53. The molecular formula is C80H139N13O34P-. The number of aliphatic hydroxyl groups excluding tert-OH is 10. The van der Waals surface area contributed by atoms with Crippen molar-refractivity contribution in [3.8, 4) is 0 Å². The van der Waals surface area contributed by atoms with Crippen molar-refractivity contribution in [2.75, 3.05) is 126 Å². The van der Waals surface area contributed by atoms with Gasteiger partial charge in [-0.3, -0.25) is 52.5 Å². The number of aryl methyl sites for hydroxylation is 1. The van der Waals surface area contributed by atoms with E-state index in [4.69, 9.17) is 51.9 Å². The summed E-state index contributed by atoms with van der Waals surface area (Å²) in [5.41, 5.74) is 0.687. The first-order valence-corrected chi connectivity index (χ1v) is 45.8. The summed E-state index contributed by atoms with van der Waals surface area (Å²) in [4.78, 5) is 140. The average molecular weight is 1860 g/mol. The maximum absolute atomic E-state index is 13.5. The van der Waals surface area contributed by atoms with Gasteiger partial charge in [0.2, 0.25) is 59.1 Å². The van der Waals surface area contributed by atoms with Gasteiger partial charge in [-0.25, -0.2) is 4.68 Å². The van der Waals surface area contributed by atoms with Crippen molar-refractivity contribution in [2.45, 2.75) is 310 Å². The molecule has 5 aliphatic rings. The summed E-state index contributed by atoms with van der Waals surface area (Å²) in [6, 6.07) is -3.93. The van der Waals surface area contributed by atoms with Crippen LogP contribution in [0.15, 0.2) is 6.20 Å². The van der Waals surface area contributed by atoms with Crippen LogP contribution in [-0.4, -0.2) is 384 Å². The van der Waals surface area contributed by atoms with E-state index in [0.29, 0.717) is 76.3 Å². The van der Waals surface area contributed by atoms with Crippen LogP contribution >= 0.6 is 7.82 Å². The Kier molecular flexibility index (Phi) is 51.8. The van der Waals surface area contributed by atoms with Crippen LogP contribution in [0.2, 0.25) is 0 Å². The number of β-amino-alcohol motifs (C(OH)–C–C–N with tert-alkyl or cyclic N) is 1. The molecule has 6 rings (SSSR count). The highest BCUT2D eigenvalue weighted by atomic mass is 31.2. The van der Waals surface area contributed by atoms with Crippen LogP contribution in [0.5, 0.6) is 0 Å². The molecule has 0 bridgehead atoms. The first kappa shape index (κ1) is 110. The second-order valence-electron chi connectivity index (χ2n) is 32.2. The highest BCUT2D eigenvalue weighted by molar-refractivity contribution is 7.45. The van der Waals surface area contributed by atoms with E-state index in [9.17, 15) is 108 Å². The van der Waals surface area contributed by atoms with Gasteiger partial charge in [-0.05, 0) is 83.5 Å². The number of likely N-dealkylation sites (tertiary alicyclic amines) is 1. The zero-order valence-corrected chi connectivity index (χ0v) is 74.5. The molecule has 5 fully saturated rings. The van der Waals surface area contributed by atoms with Crippen LogP contribution in [0.1, 0.15) is 174 Å². The maximum atomic E-state index is 13.5. The zero-order valence-electron chi connectivity index (χ0n) is 73.6. The number of ether oxygens (including phenoxy) is 10. The molecule has 47 nitrogen and oxygen atoms in total. The van der Waals surface area contributed by atoms with E-state index in [1.165, 1.54) is 25.7 Å². The van der Waals surface area contributed by atoms with Crippen LogP contribution in [0, 0.1) is 0 Å². The lowest BCUT2D eigenvalue weighted by Crippen LogP contribution is -2.64. The number of hydrogen-bond acceptors (Lipinski definition) is 36. The number of rotatable bonds is 63. The van der Waals surface area contributed by atoms with E-state index in [2.05, 4.69) is 62.7 Å². The molecule has 128 heavy (non-hydrogen) atoms. The number of phosphoric ester groups is 1. The second kappa shape index (κ2) is 60.3. The van der Waals surface area contributed by atoms with Gasteiger partial charge < -0.3 is 165 Å². The second-order valence-corrected chi connectivity index (χ2v) is 33.7. The van der Waals surface area contributed by atoms with Gasteiger partial charge in [0, 0.05) is 145 Å². The molecular weight excluding hydrogens is 1720 g/mol. The molecule has 0 spiro atoms. The fourth-order valence-corrected chi connectivity index (χ4v) is 15.4. The minimum absolute atomic E-state index is 0.0621. The van der Waals surface area contributed by atoms with Crippen LogP contribution < -0.4 is 52.7 Å². The Morgan fingerprint density at radius 2 is 0.836 bits per heavy atom. The van der Waals surface area contributed by atoms with Crippen molar-refractivity contribution in [1.29, 1.82) is 0 Å². The van der Waals surface area contributed by atoms with Crippen LogP contribution in [0.3, 0.4) is 0 Å². The van der Waals surface area contributed by atoms with Crippen molar-refractivity contribution >= 4 is 66.9 Å². The highest BCUT2D eigenvalue weighted by Crippen LogP contribution is 2.38. The molecule has 6 heterocycles. The number of carbonyl (C=O) groups is 10. The summed E-state index contributed by atoms with van der Waals surface area (Å²) in [6.07, 6.45) is -9.58. The largest absolute Gasteiger partial charge is 0.756 e. The SMILES string of the molecule is COP(=O)([O-])OC[C@@H]1C[C@@H](O)CN1C(=O)CCCCCCCCc1cn(C[C@H]2OC[C@H](OCCC(=O)NCCCNC(=O)CCCCO[C@@H]3O[C@H](CO)[C@H](O)[C@H](O)[C@H]3NC(C)=O)[C@@H](OCCC(=O)NCCCNC(=O)CCCCO[C@@H]3O[C@H](CO)[C@H](O)[C@H](O)[C@H]3NC(C)=O)[C@@H]2OCCC(=O)NCCCNC(=O)CCCCO[C@@H]2O[C@H](CO)[C@H](O)[C@H](O)[C@H]2NC(C)=O)nn1. The third-order valence-electron chi connectivity index (χ3n) is 21.8. The Morgan fingerprint density at radius 1 is 0.461 bits per heavy atom. The van der Waals surface area contributed by atoms with Gasteiger partial charge in [0.1, 0.15) is 97.5 Å². The number of amides is 10. The van der Waals surface area contributed by atoms with Crippen molar-refractivity contribution in [1.82, 2.24) is 67.7 Å². The highest BCUT2D eigenvalue weighted by Gasteiger charge is 2.49. The summed E-state index contributed by atoms with van der Waals surface area (Å²) >= 11 is 0. The minimum Gasteiger partial charge on any atom is -0.756 e. The summed E-state index contributed by atoms with van der Waals surface area (Å²) in [5.74, 6) is -3.66. The molecule has 1 aromatic heterocycles. The molecule has 5 saturated heterocycles. The van der Waals surface area contributed by atoms with Crippen molar-refractivity contribution in [3.05, 3.63) is 11.9 Å². The molecule has 48 heteroatoms. The van der Waals surface area contributed by atoms with Crippen LogP contribution in [-0.2, 0) is 122 Å². The van der Waals surface area contributed by atoms with Gasteiger partial charge in [0.25, 0.3) is 7.82 Å². The fourth-order valence-electron chi connectivity index (χ4n) is 14.9. The number of hydrogen-bond donors (Lipinski definition) is 19. The lowest BCUT2D eigenvalue weighted by Gasteiger charge is -2.42. The Balaban J connectivity index is 1.02. The third kappa shape index (κ3) is 40.3. The van der Waals surface area contributed by atoms with E-state index in [1.54, 1.807) is 10.9 Å². The molecule has 5 aliphatic heterocycles. The summed E-state index contributed by atoms with van der Waals surface area (Å²) in [5, 5.41) is 135. The topological polar surface area (TPSA) is 666 Å². The number of phosphoric acid groups is 1. The number of carbonyl (C=O) groups excluding carboxylic acids is 10. The summed E-state index contributed by atoms with van der Waals surface area (Å²) in [7, 11) is -3.55. The van der Waals surface area contributed by atoms with Gasteiger partial charge >= 0.3 is 0 Å². The summed E-state index contributed by atoms with van der Waals surface area (Å²) < 4.78 is 82.5. The normalized spacial score (nSPS) is 27.5. The van der Waals surface area contributed by atoms with Crippen LogP contribution in [0.25, 0.3) is 0 Å². The molecule has 0 aliphatic carbocycles. The minimum atomic E-state index is -4.52. The zero-order chi connectivity index (χ0) is 93.5. The predicted molar refractivity (Wildman–Crippen MR) is 443 cm³/mol. The predicted octanol–water partition coefficient (Wildman–Crippen LogP) is -6.37. The Hall–Kier alpha value is -6.85. The van der Waals surface area contributed by atoms with E-state index >= 15 is 0 Å². The standard InChI is InChI=1S/C80H140N13O34P/c1-49(97)87-67-73(111)70(108)56(44-94)125-78(67)120-34-14-11-21-60(101)81-28-17-31-84-63(104)25-37-117-59-48-123-55(43-92-41-52(90-91-92)20-9-7-5-6-8-10-24-66(107)93-42-54(100)40-53(93)47-124-128(114,115)116-4)76(118-38-26-64(105)85-32-18-29-82-61(102)22-12-15-35-121-79-68(88-50(2)98)74(112)71(109)57(45-95)126-79)77(59)119-39-27-65(106)86-33-19-30-83-62(103)23-13-16-36-122-80-69(89-51(3)99)75(113)72(110)58(46-96)127-80/h41,53-59,67-80,94-96,100,108-113H,5-40,42-48H2,1-4H3,(H,81,101)(H,82,102)(H,83,103)(H,84,104)(H,85,105)(H,86,106)(H,87,97)(H,88,98)(H,89,99)(H,114,115)/p-1/t53-,54+,55+,56+,57+,58+,59-,67+,68+,69+,70-,71-,72-,73+,74+,75+,76+,77+,78+,79+,80+/m0/s1. The van der Waals surface area contributed by atoms with Gasteiger partial charge in [0.05, 0.1) is 77.2 Å². The molecule has 19 N–H and O–H groups in total. The molecule has 0 aromatic carbocycles. The molecule has 0 saturated carbocycles. The van der Waals surface area contributed by atoms with Crippen molar-refractivity contribution in [3.63, 3.8) is 0 Å². The van der Waals surface area contributed by atoms with E-state index in [1.807, 2.05) is 0 Å². The van der Waals surface area contributed by atoms with E-state index in [0.717, 1.165) is 39.2 Å². The first-order valence-electron chi connectivity index (χ1n) is 44.3. The molecule has 10 amide bonds. The van der Waals surface area contributed by atoms with Crippen molar-refractivity contribution in [2.24, 2.45) is 0 Å². The third-order valence-corrected chi connectivity index (χ3v) is 22.8. The molecule has 22 atom stereocenters. The number of aromatic nitrogens is 3. The first-order chi connectivity index (χ1) is 61.3. The average Bonchev–Trinajstić information content (AvgIpc) is 1.79. The monoisotopic (exact) mass is 1860 g/mol. The molecule has 1 aromatic rings. The quantitative estimate of drug-likeness (QED) is 0.0213. The number of aliphatic hydroxyl groups is 10. The smallest absolute Gasteiger partial charge is 0.267 e. The Bertz CT molecular complexity index is 3520. The number of nitrogens with zero attached hydrogens (tertiary/aromatic N) is 4. The van der Waals surface area contributed by atoms with E-state index in [-0.39, 0.29) is 186 Å². The Labute approximate surface area is 744 Å². The lowest BCUT2D eigenvalue weighted by molar-refractivity contribution is -0.270. The van der Waals surface area contributed by atoms with Crippen LogP contribution in [0.4, 0.5) is 0 Å². The number of nitrogens with one attached hydrogen (secondary N) is 9. The van der Waals surface area contributed by atoms with Crippen molar-refractivity contribution < 1.29 is 165 Å². The number of unbranched alkanes of at least 4 members (excludes halogenated alkanes) is 8. The molecule has 1 unspecified atom stereocenters. The van der Waals surface area contributed by atoms with Gasteiger partial charge in [-0.2, -0.15) is 0 Å². The lowest BCUT2D eigenvalue weighted by atomic mass is 9.97. The fraction of sp³-hybridized carbons (Fsp3) is 0.850. The van der Waals surface area contributed by atoms with Gasteiger partial charge in [0.15, 0.2) is 18.9 Å². The maximum Gasteiger partial charge on any atom is 0.267 e.